The number of nitrogens with zero attached hydrogens (tertiary/aromatic N) is 2. The lowest BCUT2D eigenvalue weighted by Crippen LogP contribution is -2.56. The molecule has 0 spiro atoms. The molecule has 1 aromatic heterocycles. The molecule has 2 aliphatic rings. The third-order valence-corrected chi connectivity index (χ3v) is 3.02. The first-order chi connectivity index (χ1) is 6.84. The monoisotopic (exact) mass is 191 g/mol. The van der Waals surface area contributed by atoms with Crippen LogP contribution in [0.4, 0.5) is 5.95 Å². The fraction of sp³-hybridized carbons (Fsp3) is 0.556. The Balaban J connectivity index is 1.87. The molecule has 3 rings (SSSR count). The SMILES string of the molecule is O=c1[c]cnc(N2CC3CNCC32)[nH]1. The van der Waals surface area contributed by atoms with Gasteiger partial charge in [0.05, 0.1) is 6.07 Å². The van der Waals surface area contributed by atoms with Crippen molar-refractivity contribution in [3.05, 3.63) is 22.6 Å². The van der Waals surface area contributed by atoms with E-state index in [-0.39, 0.29) is 5.56 Å². The number of hydrogen-bond acceptors (Lipinski definition) is 4. The van der Waals surface area contributed by atoms with E-state index in [0.29, 0.717) is 12.0 Å². The normalized spacial score (nSPS) is 29.9. The maximum Gasteiger partial charge on any atom is 0.260 e. The Labute approximate surface area is 81.2 Å². The molecule has 2 saturated heterocycles. The van der Waals surface area contributed by atoms with Gasteiger partial charge in [0.15, 0.2) is 0 Å². The molecule has 2 aliphatic heterocycles. The van der Waals surface area contributed by atoms with Crippen LogP contribution in [0.2, 0.25) is 0 Å². The molecule has 1 radical (unpaired) electrons. The van der Waals surface area contributed by atoms with Crippen LogP contribution < -0.4 is 15.8 Å². The van der Waals surface area contributed by atoms with Gasteiger partial charge in [-0.3, -0.25) is 9.78 Å². The van der Waals surface area contributed by atoms with Crippen molar-refractivity contribution >= 4 is 5.95 Å². The van der Waals surface area contributed by atoms with Crippen LogP contribution in [-0.2, 0) is 0 Å². The van der Waals surface area contributed by atoms with Gasteiger partial charge in [0, 0.05) is 37.8 Å². The topological polar surface area (TPSA) is 61.0 Å². The lowest BCUT2D eigenvalue weighted by atomic mass is 9.93. The molecule has 0 saturated carbocycles. The van der Waals surface area contributed by atoms with E-state index < -0.39 is 0 Å². The van der Waals surface area contributed by atoms with Gasteiger partial charge in [0.25, 0.3) is 5.56 Å². The fourth-order valence-corrected chi connectivity index (χ4v) is 2.23. The Morgan fingerprint density at radius 2 is 2.50 bits per heavy atom. The van der Waals surface area contributed by atoms with Gasteiger partial charge in [-0.2, -0.15) is 0 Å². The molecule has 2 N–H and O–H groups in total. The summed E-state index contributed by atoms with van der Waals surface area (Å²) in [6, 6.07) is 2.98. The summed E-state index contributed by atoms with van der Waals surface area (Å²) in [7, 11) is 0. The van der Waals surface area contributed by atoms with Crippen molar-refractivity contribution in [2.24, 2.45) is 5.92 Å². The van der Waals surface area contributed by atoms with Gasteiger partial charge in [0.1, 0.15) is 0 Å². The average molecular weight is 191 g/mol. The van der Waals surface area contributed by atoms with Crippen molar-refractivity contribution < 1.29 is 0 Å². The summed E-state index contributed by atoms with van der Waals surface area (Å²) in [4.78, 5) is 20.0. The Bertz CT molecular complexity index is 402. The molecule has 5 heteroatoms. The van der Waals surface area contributed by atoms with Crippen molar-refractivity contribution in [1.82, 2.24) is 15.3 Å². The lowest BCUT2D eigenvalue weighted by molar-refractivity contribution is 0.358. The lowest BCUT2D eigenvalue weighted by Gasteiger charge is -2.43. The Hall–Kier alpha value is -1.36. The van der Waals surface area contributed by atoms with Gasteiger partial charge in [-0.05, 0) is 0 Å². The third-order valence-electron chi connectivity index (χ3n) is 3.02. The number of aromatic amines is 1. The number of rotatable bonds is 1. The number of nitrogens with one attached hydrogen (secondary N) is 2. The first kappa shape index (κ1) is 7.99. The molecule has 0 aliphatic carbocycles. The van der Waals surface area contributed by atoms with Crippen LogP contribution in [0.15, 0.2) is 11.0 Å². The highest BCUT2D eigenvalue weighted by Gasteiger charge is 2.43. The van der Waals surface area contributed by atoms with Crippen LogP contribution in [0.25, 0.3) is 0 Å². The smallest absolute Gasteiger partial charge is 0.260 e. The second-order valence-corrected chi connectivity index (χ2v) is 3.82. The van der Waals surface area contributed by atoms with Crippen LogP contribution in [0.1, 0.15) is 0 Å². The van der Waals surface area contributed by atoms with Crippen molar-refractivity contribution in [3.8, 4) is 0 Å². The maximum absolute atomic E-state index is 11.0. The first-order valence-electron chi connectivity index (χ1n) is 4.79. The number of H-pyrrole nitrogens is 1. The zero-order valence-corrected chi connectivity index (χ0v) is 7.66. The van der Waals surface area contributed by atoms with E-state index in [1.54, 1.807) is 0 Å². The second kappa shape index (κ2) is 2.81. The largest absolute Gasteiger partial charge is 0.337 e. The Morgan fingerprint density at radius 1 is 1.57 bits per heavy atom. The van der Waals surface area contributed by atoms with Crippen LogP contribution in [0.5, 0.6) is 0 Å². The van der Waals surface area contributed by atoms with Crippen LogP contribution in [-0.4, -0.2) is 35.6 Å². The molecule has 2 fully saturated rings. The molecule has 73 valence electrons. The molecule has 0 aromatic carbocycles. The van der Waals surface area contributed by atoms with E-state index >= 15 is 0 Å². The minimum atomic E-state index is -0.204. The standard InChI is InChI=1S/C9H11N4O/c14-8-1-2-11-9(12-8)13-5-6-3-10-4-7(6)13/h2,6-7,10H,3-5H2,(H,11,12,14). The van der Waals surface area contributed by atoms with E-state index in [9.17, 15) is 4.79 Å². The van der Waals surface area contributed by atoms with Gasteiger partial charge in [-0.1, -0.05) is 0 Å². The van der Waals surface area contributed by atoms with Gasteiger partial charge in [-0.25, -0.2) is 4.98 Å². The molecular weight excluding hydrogens is 180 g/mol. The summed E-state index contributed by atoms with van der Waals surface area (Å²) in [5, 5.41) is 3.33. The van der Waals surface area contributed by atoms with Gasteiger partial charge in [0.2, 0.25) is 5.95 Å². The highest BCUT2D eigenvalue weighted by Crippen LogP contribution is 2.30. The summed E-state index contributed by atoms with van der Waals surface area (Å²) < 4.78 is 0. The summed E-state index contributed by atoms with van der Waals surface area (Å²) in [6.07, 6.45) is 1.43. The highest BCUT2D eigenvalue weighted by atomic mass is 16.1. The molecule has 0 bridgehead atoms. The molecule has 0 amide bonds. The molecule has 1 aromatic rings. The first-order valence-corrected chi connectivity index (χ1v) is 4.79. The van der Waals surface area contributed by atoms with Gasteiger partial charge >= 0.3 is 0 Å². The average Bonchev–Trinajstić information content (AvgIpc) is 2.48. The zero-order chi connectivity index (χ0) is 9.54. The minimum Gasteiger partial charge on any atom is -0.337 e. The number of hydrogen-bond donors (Lipinski definition) is 2. The zero-order valence-electron chi connectivity index (χ0n) is 7.66. The van der Waals surface area contributed by atoms with E-state index in [0.717, 1.165) is 25.6 Å². The number of anilines is 1. The van der Waals surface area contributed by atoms with Gasteiger partial charge in [-0.15, -0.1) is 0 Å². The molecule has 2 atom stereocenters. The van der Waals surface area contributed by atoms with Crippen molar-refractivity contribution in [2.45, 2.75) is 6.04 Å². The fourth-order valence-electron chi connectivity index (χ4n) is 2.23. The van der Waals surface area contributed by atoms with Crippen molar-refractivity contribution in [3.63, 3.8) is 0 Å². The summed E-state index contributed by atoms with van der Waals surface area (Å²) in [5.74, 6) is 1.41. The summed E-state index contributed by atoms with van der Waals surface area (Å²) in [6.45, 7) is 3.07. The number of fused-ring (bicyclic) bond motifs is 1. The molecule has 5 nitrogen and oxygen atoms in total. The summed E-state index contributed by atoms with van der Waals surface area (Å²) >= 11 is 0. The van der Waals surface area contributed by atoms with Crippen molar-refractivity contribution in [1.29, 1.82) is 0 Å². The quantitative estimate of drug-likeness (QED) is 0.596. The second-order valence-electron chi connectivity index (χ2n) is 3.82. The molecule has 14 heavy (non-hydrogen) atoms. The molecule has 2 unspecified atom stereocenters. The number of aromatic nitrogens is 2. The van der Waals surface area contributed by atoms with Crippen LogP contribution in [0.3, 0.4) is 0 Å². The van der Waals surface area contributed by atoms with Gasteiger partial charge < -0.3 is 10.2 Å². The highest BCUT2D eigenvalue weighted by molar-refractivity contribution is 5.37. The van der Waals surface area contributed by atoms with Crippen LogP contribution >= 0.6 is 0 Å². The minimum absolute atomic E-state index is 0.204. The van der Waals surface area contributed by atoms with E-state index in [1.165, 1.54) is 6.20 Å². The summed E-state index contributed by atoms with van der Waals surface area (Å²) in [5.41, 5.74) is -0.204. The van der Waals surface area contributed by atoms with E-state index in [1.807, 2.05) is 0 Å². The Kier molecular flexibility index (Phi) is 1.61. The van der Waals surface area contributed by atoms with Crippen LogP contribution in [0, 0.1) is 12.0 Å². The molecule has 3 heterocycles. The van der Waals surface area contributed by atoms with E-state index in [4.69, 9.17) is 0 Å². The van der Waals surface area contributed by atoms with E-state index in [2.05, 4.69) is 26.3 Å². The predicted molar refractivity (Wildman–Crippen MR) is 51.2 cm³/mol. The Morgan fingerprint density at radius 3 is 3.29 bits per heavy atom. The predicted octanol–water partition coefficient (Wildman–Crippen LogP) is -1.02. The maximum atomic E-state index is 11.0. The van der Waals surface area contributed by atoms with Crippen molar-refractivity contribution in [2.75, 3.05) is 24.5 Å². The molecular formula is C9H11N4O. The third kappa shape index (κ3) is 1.05.